The van der Waals surface area contributed by atoms with E-state index < -0.39 is 33.8 Å². The van der Waals surface area contributed by atoms with Crippen LogP contribution >= 0.6 is 0 Å². The second kappa shape index (κ2) is 5.39. The monoisotopic (exact) mass is 310 g/mol. The summed E-state index contributed by atoms with van der Waals surface area (Å²) >= 11 is 0. The van der Waals surface area contributed by atoms with Gasteiger partial charge in [0.25, 0.3) is 0 Å². The molecule has 0 aliphatic heterocycles. The van der Waals surface area contributed by atoms with E-state index in [1.165, 1.54) is 0 Å². The molecule has 3 nitrogen and oxygen atoms in total. The highest BCUT2D eigenvalue weighted by Gasteiger charge is 2.33. The van der Waals surface area contributed by atoms with Crippen molar-refractivity contribution in [2.75, 3.05) is 0 Å². The van der Waals surface area contributed by atoms with Crippen molar-refractivity contribution in [3.63, 3.8) is 0 Å². The minimum atomic E-state index is -2.47. The predicted octanol–water partition coefficient (Wildman–Crippen LogP) is 4.11. The van der Waals surface area contributed by atoms with Gasteiger partial charge in [-0.3, -0.25) is 0 Å². The molecule has 0 amide bonds. The summed E-state index contributed by atoms with van der Waals surface area (Å²) in [6.07, 6.45) is 0. The SMILES string of the molecule is C[Si](C)(C)O[Si-](C)(O[Si](C)(C)C)O[Si](C)(C)C. The lowest BCUT2D eigenvalue weighted by Gasteiger charge is -2.52. The van der Waals surface area contributed by atoms with Gasteiger partial charge in [-0.15, -0.1) is 0 Å². The average Bonchev–Trinajstić information content (AvgIpc) is 1.65. The molecule has 0 radical (unpaired) electrons. The van der Waals surface area contributed by atoms with Gasteiger partial charge in [-0.25, -0.2) is 0 Å². The lowest BCUT2D eigenvalue weighted by Crippen LogP contribution is -2.58. The molecule has 0 unspecified atom stereocenters. The highest BCUT2D eigenvalue weighted by Crippen LogP contribution is 2.24. The van der Waals surface area contributed by atoms with Crippen LogP contribution in [0.2, 0.25) is 65.5 Å². The summed E-state index contributed by atoms with van der Waals surface area (Å²) in [7, 11) is -7.38. The lowest BCUT2D eigenvalue weighted by molar-refractivity contribution is 0.263. The largest absolute Gasteiger partial charge is 0.571 e. The van der Waals surface area contributed by atoms with Gasteiger partial charge in [-0.2, -0.15) is 0 Å². The van der Waals surface area contributed by atoms with Crippen LogP contribution < -0.4 is 0 Å². The first-order valence-electron chi connectivity index (χ1n) is 6.22. The van der Waals surface area contributed by atoms with E-state index in [-0.39, 0.29) is 0 Å². The van der Waals surface area contributed by atoms with Crippen LogP contribution in [0.1, 0.15) is 0 Å². The molecule has 0 spiro atoms. The van der Waals surface area contributed by atoms with E-state index in [1.807, 2.05) is 0 Å². The Labute approximate surface area is 112 Å². The quantitative estimate of drug-likeness (QED) is 0.691. The van der Waals surface area contributed by atoms with Crippen LogP contribution in [0.5, 0.6) is 0 Å². The van der Waals surface area contributed by atoms with Crippen molar-refractivity contribution in [3.8, 4) is 0 Å². The fourth-order valence-corrected chi connectivity index (χ4v) is 16.7. The standard InChI is InChI=1S/C10H30O3Si4/c1-14(2,3)11-17(10,12-15(4,5)6)13-16(7,8)9/h1-10H3/q-1. The summed E-state index contributed by atoms with van der Waals surface area (Å²) in [6, 6.07) is 0. The van der Waals surface area contributed by atoms with Gasteiger partial charge in [0, 0.05) is 0 Å². The first-order valence-corrected chi connectivity index (χ1v) is 18.7. The zero-order valence-electron chi connectivity index (χ0n) is 13.2. The molecule has 0 fully saturated rings. The van der Waals surface area contributed by atoms with Crippen molar-refractivity contribution in [2.24, 2.45) is 0 Å². The average molecular weight is 311 g/mol. The second-order valence-corrected chi connectivity index (χ2v) is 24.4. The van der Waals surface area contributed by atoms with Gasteiger partial charge in [-0.1, -0.05) is 6.55 Å². The Bertz CT molecular complexity index is 209. The molecule has 0 aromatic carbocycles. The summed E-state index contributed by atoms with van der Waals surface area (Å²) in [4.78, 5) is 0. The Hall–Kier alpha value is 0.748. The van der Waals surface area contributed by atoms with E-state index in [0.29, 0.717) is 0 Å². The van der Waals surface area contributed by atoms with Crippen molar-refractivity contribution in [3.05, 3.63) is 0 Å². The summed E-state index contributed by atoms with van der Waals surface area (Å²) in [6.45, 7) is 21.8. The third kappa shape index (κ3) is 10.4. The van der Waals surface area contributed by atoms with Crippen molar-refractivity contribution in [2.45, 2.75) is 65.5 Å². The molecule has 7 heteroatoms. The smallest absolute Gasteiger partial charge is 0.247 e. The van der Waals surface area contributed by atoms with Crippen LogP contribution in [0.4, 0.5) is 0 Å². The number of rotatable bonds is 6. The number of hydrogen-bond acceptors (Lipinski definition) is 3. The molecule has 0 aliphatic carbocycles. The van der Waals surface area contributed by atoms with Gasteiger partial charge in [0.1, 0.15) is 25.0 Å². The highest BCUT2D eigenvalue weighted by molar-refractivity contribution is 6.89. The van der Waals surface area contributed by atoms with Gasteiger partial charge < -0.3 is 12.3 Å². The second-order valence-electron chi connectivity index (χ2n) is 7.51. The van der Waals surface area contributed by atoms with E-state index in [4.69, 9.17) is 12.3 Å². The molecule has 105 valence electrons. The Morgan fingerprint density at radius 2 is 0.706 bits per heavy atom. The summed E-state index contributed by atoms with van der Waals surface area (Å²) in [5, 5.41) is 0. The first-order chi connectivity index (χ1) is 7.12. The molecule has 0 aromatic rings. The topological polar surface area (TPSA) is 27.7 Å². The minimum absolute atomic E-state index is 1.64. The molecule has 0 rings (SSSR count). The maximum Gasteiger partial charge on any atom is 0.247 e. The number of hydrogen-bond donors (Lipinski definition) is 0. The lowest BCUT2D eigenvalue weighted by atomic mass is 11.8. The highest BCUT2D eigenvalue weighted by atomic mass is 28.5. The molecule has 0 N–H and O–H groups in total. The molecular formula is C10H30O3Si4-. The van der Waals surface area contributed by atoms with Crippen LogP contribution in [-0.4, -0.2) is 33.8 Å². The molecule has 0 atom stereocenters. The van der Waals surface area contributed by atoms with Crippen molar-refractivity contribution in [1.82, 2.24) is 0 Å². The maximum atomic E-state index is 6.28. The van der Waals surface area contributed by atoms with Crippen molar-refractivity contribution < 1.29 is 12.3 Å². The summed E-state index contributed by atoms with van der Waals surface area (Å²) in [5.41, 5.74) is 0. The van der Waals surface area contributed by atoms with Gasteiger partial charge in [0.2, 0.25) is 8.80 Å². The summed E-state index contributed by atoms with van der Waals surface area (Å²) < 4.78 is 18.8. The van der Waals surface area contributed by atoms with E-state index in [0.717, 1.165) is 0 Å². The van der Waals surface area contributed by atoms with Gasteiger partial charge in [0.05, 0.1) is 0 Å². The minimum Gasteiger partial charge on any atom is -0.571 e. The normalized spacial score (nSPS) is 15.2. The van der Waals surface area contributed by atoms with Gasteiger partial charge in [0.15, 0.2) is 0 Å². The van der Waals surface area contributed by atoms with Gasteiger partial charge in [-0.05, 0) is 58.9 Å². The molecule has 0 saturated carbocycles. The van der Waals surface area contributed by atoms with Gasteiger partial charge >= 0.3 is 0 Å². The molecular weight excluding hydrogens is 280 g/mol. The van der Waals surface area contributed by atoms with Crippen LogP contribution in [-0.2, 0) is 12.3 Å². The molecule has 0 bridgehead atoms. The molecule has 0 aromatic heterocycles. The molecule has 0 saturated heterocycles. The van der Waals surface area contributed by atoms with Crippen LogP contribution in [0.25, 0.3) is 0 Å². The van der Waals surface area contributed by atoms with E-state index in [1.54, 1.807) is 0 Å². The molecule has 0 heterocycles. The Morgan fingerprint density at radius 3 is 0.824 bits per heavy atom. The third-order valence-corrected chi connectivity index (χ3v) is 13.3. The zero-order valence-corrected chi connectivity index (χ0v) is 17.2. The van der Waals surface area contributed by atoms with E-state index >= 15 is 0 Å². The van der Waals surface area contributed by atoms with Crippen LogP contribution in [0.3, 0.4) is 0 Å². The Kier molecular flexibility index (Phi) is 5.63. The molecule has 0 aliphatic rings. The zero-order chi connectivity index (χ0) is 14.1. The maximum absolute atomic E-state index is 6.28. The van der Waals surface area contributed by atoms with Crippen LogP contribution in [0, 0.1) is 0 Å². The fourth-order valence-electron chi connectivity index (χ4n) is 1.73. The Morgan fingerprint density at radius 1 is 0.529 bits per heavy atom. The van der Waals surface area contributed by atoms with Crippen LogP contribution in [0.15, 0.2) is 0 Å². The predicted molar refractivity (Wildman–Crippen MR) is 84.9 cm³/mol. The first kappa shape index (κ1) is 17.7. The van der Waals surface area contributed by atoms with E-state index in [9.17, 15) is 0 Å². The molecule has 17 heavy (non-hydrogen) atoms. The summed E-state index contributed by atoms with van der Waals surface area (Å²) in [5.74, 6) is 0. The van der Waals surface area contributed by atoms with E-state index in [2.05, 4.69) is 65.5 Å². The fraction of sp³-hybridized carbons (Fsp3) is 1.00. The Balaban J connectivity index is 4.95. The third-order valence-electron chi connectivity index (χ3n) is 1.47. The van der Waals surface area contributed by atoms with Crippen molar-refractivity contribution >= 4 is 33.8 Å². The van der Waals surface area contributed by atoms with Crippen molar-refractivity contribution in [1.29, 1.82) is 0 Å².